The van der Waals surface area contributed by atoms with Crippen LogP contribution in [-0.2, 0) is 12.0 Å². The number of anilines is 1. The van der Waals surface area contributed by atoms with Crippen molar-refractivity contribution in [2.45, 2.75) is 39.7 Å². The molecule has 0 saturated heterocycles. The summed E-state index contributed by atoms with van der Waals surface area (Å²) in [6.45, 7) is 8.78. The van der Waals surface area contributed by atoms with E-state index in [4.69, 9.17) is 0 Å². The summed E-state index contributed by atoms with van der Waals surface area (Å²) >= 11 is 1.68. The van der Waals surface area contributed by atoms with Gasteiger partial charge in [-0.3, -0.25) is 9.78 Å². The third kappa shape index (κ3) is 3.26. The number of H-pyrrole nitrogens is 1. The first-order chi connectivity index (χ1) is 10.8. The molecule has 7 nitrogen and oxygen atoms in total. The molecule has 0 aliphatic heterocycles. The van der Waals surface area contributed by atoms with Gasteiger partial charge in [-0.05, 0) is 27.7 Å². The van der Waals surface area contributed by atoms with Crippen molar-refractivity contribution in [1.82, 2.24) is 24.7 Å². The molecule has 0 aliphatic rings. The number of fused-ring (bicyclic) bond motifs is 1. The summed E-state index contributed by atoms with van der Waals surface area (Å²) in [5.74, 6) is 0.460. The van der Waals surface area contributed by atoms with Crippen LogP contribution in [0.3, 0.4) is 0 Å². The molecule has 0 fully saturated rings. The second kappa shape index (κ2) is 5.77. The van der Waals surface area contributed by atoms with E-state index in [2.05, 4.69) is 25.4 Å². The van der Waals surface area contributed by atoms with E-state index in [-0.39, 0.29) is 11.1 Å². The molecule has 0 aliphatic carbocycles. The van der Waals surface area contributed by atoms with Crippen molar-refractivity contribution >= 4 is 28.3 Å². The number of aromatic amines is 1. The highest BCUT2D eigenvalue weighted by atomic mass is 32.1. The number of thiazole rings is 1. The Kier molecular flexibility index (Phi) is 3.93. The molecule has 0 spiro atoms. The fourth-order valence-electron chi connectivity index (χ4n) is 2.30. The van der Waals surface area contributed by atoms with Gasteiger partial charge in [-0.2, -0.15) is 10.1 Å². The summed E-state index contributed by atoms with van der Waals surface area (Å²) in [5.41, 5.74) is 0.171. The molecule has 0 amide bonds. The van der Waals surface area contributed by atoms with Gasteiger partial charge in [-0.25, -0.2) is 9.67 Å². The van der Waals surface area contributed by atoms with E-state index in [1.165, 1.54) is 4.88 Å². The third-order valence-corrected chi connectivity index (χ3v) is 4.35. The Morgan fingerprint density at radius 1 is 1.35 bits per heavy atom. The van der Waals surface area contributed by atoms with Crippen LogP contribution in [0.15, 0.2) is 17.2 Å². The van der Waals surface area contributed by atoms with Gasteiger partial charge in [-0.15, -0.1) is 11.3 Å². The van der Waals surface area contributed by atoms with E-state index in [1.807, 2.05) is 33.9 Å². The third-order valence-electron chi connectivity index (χ3n) is 3.37. The number of hydrogen-bond acceptors (Lipinski definition) is 6. The Labute approximate surface area is 137 Å². The SMILES string of the molecule is Cc1cnc(CCNc2nc3c(cnn3C(C)(C)C)c(=O)[nH]2)s1. The molecule has 0 saturated carbocycles. The number of aromatic nitrogens is 5. The zero-order chi connectivity index (χ0) is 16.6. The minimum atomic E-state index is -0.238. The lowest BCUT2D eigenvalue weighted by Crippen LogP contribution is -2.24. The van der Waals surface area contributed by atoms with Crippen molar-refractivity contribution < 1.29 is 0 Å². The van der Waals surface area contributed by atoms with Crippen molar-refractivity contribution in [3.05, 3.63) is 32.6 Å². The number of rotatable bonds is 4. The Bertz CT molecular complexity index is 885. The van der Waals surface area contributed by atoms with Gasteiger partial charge >= 0.3 is 0 Å². The number of hydrogen-bond donors (Lipinski definition) is 2. The van der Waals surface area contributed by atoms with Gasteiger partial charge in [0, 0.05) is 24.0 Å². The van der Waals surface area contributed by atoms with Crippen LogP contribution in [-0.4, -0.2) is 31.3 Å². The second-order valence-electron chi connectivity index (χ2n) is 6.42. The Morgan fingerprint density at radius 3 is 2.78 bits per heavy atom. The number of nitrogens with zero attached hydrogens (tertiary/aromatic N) is 4. The molecule has 0 bridgehead atoms. The van der Waals surface area contributed by atoms with Crippen molar-refractivity contribution in [3.8, 4) is 0 Å². The standard InChI is InChI=1S/C15H20N6OS/c1-9-7-17-11(23-9)5-6-16-14-19-12-10(13(22)20-14)8-18-21(12)15(2,3)4/h7-8H,5-6H2,1-4H3,(H2,16,19,20,22). The molecule has 0 aromatic carbocycles. The average molecular weight is 332 g/mol. The topological polar surface area (TPSA) is 88.5 Å². The van der Waals surface area contributed by atoms with Gasteiger partial charge < -0.3 is 5.32 Å². The first kappa shape index (κ1) is 15.7. The molecule has 0 atom stereocenters. The fourth-order valence-corrected chi connectivity index (χ4v) is 3.08. The summed E-state index contributed by atoms with van der Waals surface area (Å²) in [7, 11) is 0. The highest BCUT2D eigenvalue weighted by molar-refractivity contribution is 7.11. The van der Waals surface area contributed by atoms with Crippen LogP contribution in [0.25, 0.3) is 11.0 Å². The maximum atomic E-state index is 12.2. The molecule has 3 heterocycles. The molecule has 0 unspecified atom stereocenters. The van der Waals surface area contributed by atoms with Crippen LogP contribution in [0.5, 0.6) is 0 Å². The first-order valence-corrected chi connectivity index (χ1v) is 8.30. The average Bonchev–Trinajstić information content (AvgIpc) is 3.05. The summed E-state index contributed by atoms with van der Waals surface area (Å²) in [6.07, 6.45) is 4.22. The van der Waals surface area contributed by atoms with Crippen LogP contribution < -0.4 is 10.9 Å². The molecule has 122 valence electrons. The fraction of sp³-hybridized carbons (Fsp3) is 0.467. The van der Waals surface area contributed by atoms with Gasteiger partial charge in [0.25, 0.3) is 5.56 Å². The zero-order valence-electron chi connectivity index (χ0n) is 13.7. The smallest absolute Gasteiger partial charge is 0.263 e. The summed E-state index contributed by atoms with van der Waals surface area (Å²) in [5, 5.41) is 9.03. The van der Waals surface area contributed by atoms with E-state index in [1.54, 1.807) is 22.2 Å². The normalized spacial score (nSPS) is 12.0. The molecule has 0 radical (unpaired) electrons. The molecule has 3 rings (SSSR count). The molecule has 3 aromatic heterocycles. The van der Waals surface area contributed by atoms with Crippen molar-refractivity contribution in [2.24, 2.45) is 0 Å². The Morgan fingerprint density at radius 2 is 2.13 bits per heavy atom. The van der Waals surface area contributed by atoms with Crippen molar-refractivity contribution in [3.63, 3.8) is 0 Å². The maximum Gasteiger partial charge on any atom is 0.263 e. The lowest BCUT2D eigenvalue weighted by Gasteiger charge is -2.19. The van der Waals surface area contributed by atoms with E-state index < -0.39 is 0 Å². The molecule has 8 heteroatoms. The summed E-state index contributed by atoms with van der Waals surface area (Å²) in [6, 6.07) is 0. The lowest BCUT2D eigenvalue weighted by atomic mass is 10.1. The number of nitrogens with one attached hydrogen (secondary N) is 2. The minimum absolute atomic E-state index is 0.182. The first-order valence-electron chi connectivity index (χ1n) is 7.48. The maximum absolute atomic E-state index is 12.2. The lowest BCUT2D eigenvalue weighted by molar-refractivity contribution is 0.366. The minimum Gasteiger partial charge on any atom is -0.355 e. The molecular formula is C15H20N6OS. The van der Waals surface area contributed by atoms with E-state index in [0.29, 0.717) is 23.5 Å². The molecule has 3 aromatic rings. The Hall–Kier alpha value is -2.22. The molecule has 23 heavy (non-hydrogen) atoms. The summed E-state index contributed by atoms with van der Waals surface area (Å²) < 4.78 is 1.77. The predicted octanol–water partition coefficient (Wildman–Crippen LogP) is 2.29. The zero-order valence-corrected chi connectivity index (χ0v) is 14.5. The monoisotopic (exact) mass is 332 g/mol. The largest absolute Gasteiger partial charge is 0.355 e. The predicted molar refractivity (Wildman–Crippen MR) is 92.2 cm³/mol. The van der Waals surface area contributed by atoms with Gasteiger partial charge in [0.2, 0.25) is 5.95 Å². The highest BCUT2D eigenvalue weighted by Gasteiger charge is 2.19. The second-order valence-corrected chi connectivity index (χ2v) is 7.74. The van der Waals surface area contributed by atoms with Crippen LogP contribution in [0.4, 0.5) is 5.95 Å². The highest BCUT2D eigenvalue weighted by Crippen LogP contribution is 2.18. The Balaban J connectivity index is 1.82. The van der Waals surface area contributed by atoms with Gasteiger partial charge in [0.15, 0.2) is 5.65 Å². The summed E-state index contributed by atoms with van der Waals surface area (Å²) in [4.78, 5) is 25.0. The van der Waals surface area contributed by atoms with Gasteiger partial charge in [0.1, 0.15) is 5.39 Å². The molecular weight excluding hydrogens is 312 g/mol. The van der Waals surface area contributed by atoms with Crippen LogP contribution in [0.1, 0.15) is 30.7 Å². The molecule has 2 N–H and O–H groups in total. The van der Waals surface area contributed by atoms with Gasteiger partial charge in [0.05, 0.1) is 16.7 Å². The van der Waals surface area contributed by atoms with E-state index >= 15 is 0 Å². The quantitative estimate of drug-likeness (QED) is 0.765. The van der Waals surface area contributed by atoms with Crippen LogP contribution >= 0.6 is 11.3 Å². The van der Waals surface area contributed by atoms with Crippen LogP contribution in [0.2, 0.25) is 0 Å². The number of aryl methyl sites for hydroxylation is 1. The van der Waals surface area contributed by atoms with Crippen molar-refractivity contribution in [2.75, 3.05) is 11.9 Å². The van der Waals surface area contributed by atoms with Crippen LogP contribution in [0, 0.1) is 6.92 Å². The van der Waals surface area contributed by atoms with Gasteiger partial charge in [-0.1, -0.05) is 0 Å². The van der Waals surface area contributed by atoms with Crippen molar-refractivity contribution in [1.29, 1.82) is 0 Å². The van der Waals surface area contributed by atoms with E-state index in [0.717, 1.165) is 11.4 Å². The van der Waals surface area contributed by atoms with E-state index in [9.17, 15) is 4.79 Å².